The topological polar surface area (TPSA) is 395 Å². The highest BCUT2D eigenvalue weighted by Crippen LogP contribution is 2.34. The Morgan fingerprint density at radius 2 is 0.555 bits per heavy atom. The van der Waals surface area contributed by atoms with Crippen LogP contribution >= 0.6 is 34.8 Å². The number of aromatic hydroxyl groups is 1. The van der Waals surface area contributed by atoms with Gasteiger partial charge in [0, 0.05) is 54.6 Å². The first kappa shape index (κ1) is 110. The first-order valence-corrected chi connectivity index (χ1v) is 43.2. The molecular formula is C106H97Cl3O28. The number of esters is 11. The number of phenols is 1. The molecule has 137 heavy (non-hydrogen) atoms. The summed E-state index contributed by atoms with van der Waals surface area (Å²) >= 11 is 17.8. The smallest absolute Gasteiger partial charge is 0.347 e. The molecule has 0 bridgehead atoms. The van der Waals surface area contributed by atoms with Crippen LogP contribution in [0.1, 0.15) is 165 Å². The van der Waals surface area contributed by atoms with Crippen LogP contribution in [0.2, 0.25) is 15.1 Å². The fraction of sp³-hybridized carbons (Fsp3) is 0.189. The highest BCUT2D eigenvalue weighted by molar-refractivity contribution is 6.31. The van der Waals surface area contributed by atoms with Crippen molar-refractivity contribution >= 4 is 160 Å². The number of carbonyl (C=O) groups excluding carboxylic acids is 16. The maximum Gasteiger partial charge on any atom is 0.347 e. The highest BCUT2D eigenvalue weighted by atomic mass is 35.5. The molecule has 10 rings (SSSR count). The van der Waals surface area contributed by atoms with Crippen molar-refractivity contribution in [2.75, 3.05) is 14.2 Å². The number of unbranched alkanes of at least 4 members (excludes halogenated alkanes) is 2. The zero-order valence-corrected chi connectivity index (χ0v) is 78.3. The van der Waals surface area contributed by atoms with E-state index in [-0.39, 0.29) is 149 Å². The second-order valence-corrected chi connectivity index (χ2v) is 30.6. The third-order valence-electron chi connectivity index (χ3n) is 17.7. The highest BCUT2D eigenvalue weighted by Gasteiger charge is 2.22. The predicted molar refractivity (Wildman–Crippen MR) is 512 cm³/mol. The van der Waals surface area contributed by atoms with E-state index in [1.165, 1.54) is 160 Å². The van der Waals surface area contributed by atoms with E-state index in [1.807, 2.05) is 6.07 Å². The van der Waals surface area contributed by atoms with Gasteiger partial charge in [-0.2, -0.15) is 0 Å². The molecule has 0 saturated heterocycles. The van der Waals surface area contributed by atoms with Gasteiger partial charge in [0.15, 0.2) is 63.4 Å². The Hall–Kier alpha value is -15.9. The number of allylic oxidation sites excluding steroid dienone is 5. The standard InChI is InChI=1S/C26H20Cl2O5.C24H30O9.C19H16O6.C19H16O5.C18H15ClO3/c1-17(29)8-9-18-10-11-23(32-25(30)15-19-4-2-6-21(27)12-19)24(14-18)33-26(31)16-20-5-3-7-22(28)13-20;1-17(25)12-13-18-14-15-19(32-23(28)10-6-4-8-21(26)30-2)20(16-18)33-24(29)11-7-5-9-22(27)31-3;1-12(20)7-8-14-9-10-18(16(22)11-14)25-19(23)15-5-3-4-6-17(15)24-13(2)21;1-13(20)7-8-15-9-11-16(12-10-15)24-19(22)17-5-3-4-6-18(17)23-14(2)21;1-13(20)5-6-14-7-9-17(10-8-14)22-18(21)12-15-3-2-4-16(19)11-15/h2-14H,15-16H2,1H3;12-16H,4-11H2,1-3H3;3-11,22H,1-2H3;3-12H,1-2H3;2-11H,12H2,1H3/b9-8+;13-12+;2*8-7+;6-5+. The molecule has 0 aliphatic carbocycles. The summed E-state index contributed by atoms with van der Waals surface area (Å²) in [5.41, 5.74) is 5.82. The molecule has 0 unspecified atom stereocenters. The van der Waals surface area contributed by atoms with Crippen molar-refractivity contribution in [3.8, 4) is 57.5 Å². The lowest BCUT2D eigenvalue weighted by atomic mass is 10.1. The maximum absolute atomic E-state index is 12.5. The lowest BCUT2D eigenvalue weighted by Gasteiger charge is -2.12. The number of carbonyl (C=O) groups is 16. The number of ether oxygens (including phenoxy) is 11. The van der Waals surface area contributed by atoms with Gasteiger partial charge in [-0.15, -0.1) is 0 Å². The van der Waals surface area contributed by atoms with Crippen LogP contribution in [0.25, 0.3) is 30.4 Å². The summed E-state index contributed by atoms with van der Waals surface area (Å²) in [7, 11) is 2.60. The average molecular weight is 1930 g/mol. The zero-order valence-electron chi connectivity index (χ0n) is 76.0. The molecule has 0 aromatic heterocycles. The van der Waals surface area contributed by atoms with E-state index in [0.29, 0.717) is 80.1 Å². The SMILES string of the molecule is CC(=O)/C=C/c1ccc(OC(=O)Cc2cccc(Cl)c2)c(OC(=O)Cc2cccc(Cl)c2)c1.CC(=O)/C=C/c1ccc(OC(=O)Cc2cccc(Cl)c2)cc1.CC(=O)/C=C/c1ccc(OC(=O)c2ccccc2OC(C)=O)c(O)c1.CC(=O)/C=C/c1ccc(OC(=O)c2ccccc2OC(C)=O)cc1.COC(=O)CCCCC(=O)Oc1ccc(/C=C/C(C)=O)cc1OC(=O)CCCCC(=O)OC. The zero-order chi connectivity index (χ0) is 100. The van der Waals surface area contributed by atoms with Crippen molar-refractivity contribution in [1.29, 1.82) is 0 Å². The molecule has 0 heterocycles. The Balaban J connectivity index is 0.000000265. The second-order valence-electron chi connectivity index (χ2n) is 29.3. The predicted octanol–water partition coefficient (Wildman–Crippen LogP) is 20.1. The molecule has 0 aliphatic rings. The van der Waals surface area contributed by atoms with Crippen LogP contribution in [0.4, 0.5) is 0 Å². The minimum atomic E-state index is -0.779. The summed E-state index contributed by atoms with van der Waals surface area (Å²) in [6.45, 7) is 9.68. The number of halogens is 3. The number of ketones is 5. The lowest BCUT2D eigenvalue weighted by Crippen LogP contribution is -2.15. The molecule has 0 amide bonds. The van der Waals surface area contributed by atoms with Crippen LogP contribution < -0.4 is 42.6 Å². The van der Waals surface area contributed by atoms with Gasteiger partial charge in [0.25, 0.3) is 0 Å². The molecule has 0 spiro atoms. The van der Waals surface area contributed by atoms with E-state index < -0.39 is 47.8 Å². The molecule has 1 N–H and O–H groups in total. The Bertz CT molecular complexity index is 6140. The summed E-state index contributed by atoms with van der Waals surface area (Å²) in [5, 5.41) is 11.6. The first-order valence-electron chi connectivity index (χ1n) is 42.0. The van der Waals surface area contributed by atoms with E-state index in [1.54, 1.807) is 182 Å². The molecule has 0 aliphatic heterocycles. The van der Waals surface area contributed by atoms with Crippen molar-refractivity contribution in [2.24, 2.45) is 0 Å². The van der Waals surface area contributed by atoms with Gasteiger partial charge in [-0.1, -0.05) is 168 Å². The molecule has 0 radical (unpaired) electrons. The van der Waals surface area contributed by atoms with Gasteiger partial charge >= 0.3 is 65.7 Å². The molecule has 0 saturated carbocycles. The number of phenolic OH excluding ortho intramolecular Hbond substituents is 1. The number of rotatable bonds is 37. The van der Waals surface area contributed by atoms with Crippen LogP contribution in [0.5, 0.6) is 57.5 Å². The fourth-order valence-corrected chi connectivity index (χ4v) is 11.9. The van der Waals surface area contributed by atoms with Crippen molar-refractivity contribution in [3.05, 3.63) is 326 Å². The van der Waals surface area contributed by atoms with E-state index in [0.717, 1.165) is 16.7 Å². The number of hydrogen-bond acceptors (Lipinski definition) is 28. The van der Waals surface area contributed by atoms with Crippen LogP contribution in [-0.4, -0.2) is 114 Å². The first-order chi connectivity index (χ1) is 65.4. The normalized spacial score (nSPS) is 10.6. The quantitative estimate of drug-likeness (QED) is 0.0163. The number of hydrogen-bond donors (Lipinski definition) is 1. The second kappa shape index (κ2) is 58.9. The minimum Gasteiger partial charge on any atom is -0.504 e. The largest absolute Gasteiger partial charge is 0.504 e. The number of methoxy groups -OCH3 is 2. The van der Waals surface area contributed by atoms with Crippen LogP contribution in [0.15, 0.2) is 255 Å². The molecule has 28 nitrogen and oxygen atoms in total. The molecular weight excluding hydrogens is 1830 g/mol. The summed E-state index contributed by atoms with van der Waals surface area (Å²) in [5.74, 6) is -5.24. The minimum absolute atomic E-state index is 0.0115. The summed E-state index contributed by atoms with van der Waals surface area (Å²) in [6, 6.07) is 60.6. The monoisotopic (exact) mass is 1920 g/mol. The van der Waals surface area contributed by atoms with Crippen LogP contribution in [0, 0.1) is 0 Å². The maximum atomic E-state index is 12.5. The molecule has 10 aromatic carbocycles. The third kappa shape index (κ3) is 44.5. The number of para-hydroxylation sites is 2. The molecule has 0 fully saturated rings. The summed E-state index contributed by atoms with van der Waals surface area (Å²) in [6.07, 6.45) is 17.6. The Labute approximate surface area is 805 Å². The lowest BCUT2D eigenvalue weighted by molar-refractivity contribution is -0.141. The van der Waals surface area contributed by atoms with Gasteiger partial charge in [0.1, 0.15) is 34.1 Å². The third-order valence-corrected chi connectivity index (χ3v) is 18.4. The van der Waals surface area contributed by atoms with Gasteiger partial charge in [0.05, 0.1) is 33.5 Å². The van der Waals surface area contributed by atoms with Gasteiger partial charge in [0.2, 0.25) is 0 Å². The van der Waals surface area contributed by atoms with Crippen molar-refractivity contribution in [3.63, 3.8) is 0 Å². The summed E-state index contributed by atoms with van der Waals surface area (Å²) < 4.78 is 56.5. The molecule has 710 valence electrons. The van der Waals surface area contributed by atoms with E-state index >= 15 is 0 Å². The van der Waals surface area contributed by atoms with Crippen LogP contribution in [-0.2, 0) is 95.9 Å². The summed E-state index contributed by atoms with van der Waals surface area (Å²) in [4.78, 5) is 185. The van der Waals surface area contributed by atoms with Gasteiger partial charge < -0.3 is 57.2 Å². The van der Waals surface area contributed by atoms with E-state index in [2.05, 4.69) is 9.47 Å². The van der Waals surface area contributed by atoms with Crippen molar-refractivity contribution in [2.45, 2.75) is 119 Å². The average Bonchev–Trinajstić information content (AvgIpc) is 0.845. The Kier molecular flexibility index (Phi) is 47.2. The Morgan fingerprint density at radius 1 is 0.263 bits per heavy atom. The number of benzene rings is 10. The molecule has 10 aromatic rings. The van der Waals surface area contributed by atoms with E-state index in [4.69, 9.17) is 77.4 Å². The van der Waals surface area contributed by atoms with Gasteiger partial charge in [-0.3, -0.25) is 67.1 Å². The van der Waals surface area contributed by atoms with Crippen molar-refractivity contribution < 1.29 is 134 Å². The Morgan fingerprint density at radius 3 is 0.898 bits per heavy atom. The van der Waals surface area contributed by atoms with Crippen molar-refractivity contribution in [1.82, 2.24) is 0 Å². The van der Waals surface area contributed by atoms with Gasteiger partial charge in [-0.05, 0) is 257 Å². The van der Waals surface area contributed by atoms with E-state index in [9.17, 15) is 81.8 Å². The van der Waals surface area contributed by atoms with Crippen LogP contribution in [0.3, 0.4) is 0 Å². The fourth-order valence-electron chi connectivity index (χ4n) is 11.3. The molecule has 0 atom stereocenters. The molecule has 31 heteroatoms. The van der Waals surface area contributed by atoms with Gasteiger partial charge in [-0.25, -0.2) is 9.59 Å².